The van der Waals surface area contributed by atoms with Crippen molar-refractivity contribution in [1.82, 2.24) is 0 Å². The van der Waals surface area contributed by atoms with Crippen LogP contribution in [0.3, 0.4) is 0 Å². The number of para-hydroxylation sites is 1. The molecule has 0 fully saturated rings. The molecule has 3 aromatic carbocycles. The zero-order chi connectivity index (χ0) is 25.1. The lowest BCUT2D eigenvalue weighted by Crippen LogP contribution is -2.18. The van der Waals surface area contributed by atoms with Crippen molar-refractivity contribution in [1.29, 1.82) is 0 Å². The SMILES string of the molecule is CCc1cccc(CC)c1NS(=O)(=O)c1ccc(C)c(C(=O)Nc2cccc(C(F)(F)F)c2)c1. The van der Waals surface area contributed by atoms with E-state index in [1.165, 1.54) is 30.3 Å². The van der Waals surface area contributed by atoms with Gasteiger partial charge in [-0.2, -0.15) is 13.2 Å². The zero-order valence-electron chi connectivity index (χ0n) is 19.0. The van der Waals surface area contributed by atoms with Gasteiger partial charge in [-0.25, -0.2) is 8.42 Å². The normalized spacial score (nSPS) is 11.8. The molecule has 0 bridgehead atoms. The third-order valence-corrected chi connectivity index (χ3v) is 6.79. The van der Waals surface area contributed by atoms with Crippen LogP contribution in [0.25, 0.3) is 0 Å². The first kappa shape index (κ1) is 25.3. The van der Waals surface area contributed by atoms with Gasteiger partial charge in [-0.3, -0.25) is 9.52 Å². The van der Waals surface area contributed by atoms with Crippen molar-refractivity contribution < 1.29 is 26.4 Å². The number of anilines is 2. The molecule has 0 radical (unpaired) electrons. The Morgan fingerprint density at radius 1 is 0.912 bits per heavy atom. The number of hydrogen-bond donors (Lipinski definition) is 2. The summed E-state index contributed by atoms with van der Waals surface area (Å²) in [6.07, 6.45) is -3.29. The highest BCUT2D eigenvalue weighted by Crippen LogP contribution is 2.31. The third-order valence-electron chi connectivity index (χ3n) is 5.45. The van der Waals surface area contributed by atoms with Crippen LogP contribution < -0.4 is 10.0 Å². The second kappa shape index (κ2) is 9.89. The number of alkyl halides is 3. The molecule has 180 valence electrons. The maximum Gasteiger partial charge on any atom is 0.416 e. The Kier molecular flexibility index (Phi) is 7.35. The van der Waals surface area contributed by atoms with Gasteiger partial charge in [-0.05, 0) is 66.8 Å². The Morgan fingerprint density at radius 2 is 1.53 bits per heavy atom. The Bertz CT molecular complexity index is 1300. The molecule has 3 rings (SSSR count). The molecule has 0 aromatic heterocycles. The number of nitrogens with one attached hydrogen (secondary N) is 2. The van der Waals surface area contributed by atoms with Gasteiger partial charge in [0.15, 0.2) is 0 Å². The largest absolute Gasteiger partial charge is 0.416 e. The summed E-state index contributed by atoms with van der Waals surface area (Å²) in [6, 6.07) is 13.9. The summed E-state index contributed by atoms with van der Waals surface area (Å²) in [7, 11) is -4.03. The lowest BCUT2D eigenvalue weighted by Gasteiger charge is -2.16. The molecule has 3 aromatic rings. The third kappa shape index (κ3) is 5.59. The topological polar surface area (TPSA) is 75.3 Å². The van der Waals surface area contributed by atoms with Crippen LogP contribution in [0.15, 0.2) is 65.6 Å². The monoisotopic (exact) mass is 490 g/mol. The number of halogens is 3. The number of sulfonamides is 1. The van der Waals surface area contributed by atoms with E-state index in [2.05, 4.69) is 10.0 Å². The molecule has 5 nitrogen and oxygen atoms in total. The first-order chi connectivity index (χ1) is 16.0. The number of rotatable bonds is 7. The molecule has 1 amide bonds. The van der Waals surface area contributed by atoms with Crippen LogP contribution in [-0.2, 0) is 29.0 Å². The van der Waals surface area contributed by atoms with Gasteiger partial charge in [0.05, 0.1) is 16.1 Å². The van der Waals surface area contributed by atoms with Gasteiger partial charge in [0.1, 0.15) is 0 Å². The van der Waals surface area contributed by atoms with Crippen molar-refractivity contribution in [2.45, 2.75) is 44.7 Å². The van der Waals surface area contributed by atoms with Crippen LogP contribution in [0, 0.1) is 6.92 Å². The Hall–Kier alpha value is -3.33. The van der Waals surface area contributed by atoms with E-state index in [1.807, 2.05) is 32.0 Å². The molecule has 0 saturated heterocycles. The molecule has 0 unspecified atom stereocenters. The van der Waals surface area contributed by atoms with E-state index in [9.17, 15) is 26.4 Å². The van der Waals surface area contributed by atoms with E-state index >= 15 is 0 Å². The maximum absolute atomic E-state index is 13.2. The van der Waals surface area contributed by atoms with Crippen LogP contribution >= 0.6 is 0 Å². The summed E-state index contributed by atoms with van der Waals surface area (Å²) in [5, 5.41) is 2.42. The first-order valence-electron chi connectivity index (χ1n) is 10.7. The highest BCUT2D eigenvalue weighted by molar-refractivity contribution is 7.92. The average Bonchev–Trinajstić information content (AvgIpc) is 2.78. The van der Waals surface area contributed by atoms with Gasteiger partial charge in [-0.15, -0.1) is 0 Å². The summed E-state index contributed by atoms with van der Waals surface area (Å²) in [5.74, 6) is -0.711. The van der Waals surface area contributed by atoms with E-state index in [0.717, 1.165) is 23.3 Å². The predicted octanol–water partition coefficient (Wildman–Crippen LogP) is 6.19. The summed E-state index contributed by atoms with van der Waals surface area (Å²) in [4.78, 5) is 12.7. The van der Waals surface area contributed by atoms with Crippen molar-refractivity contribution in [3.63, 3.8) is 0 Å². The van der Waals surface area contributed by atoms with E-state index in [1.54, 1.807) is 6.92 Å². The smallest absolute Gasteiger partial charge is 0.322 e. The Morgan fingerprint density at radius 3 is 2.12 bits per heavy atom. The summed E-state index contributed by atoms with van der Waals surface area (Å²) in [6.45, 7) is 5.47. The highest BCUT2D eigenvalue weighted by atomic mass is 32.2. The lowest BCUT2D eigenvalue weighted by atomic mass is 10.0. The molecule has 2 N–H and O–H groups in total. The second-order valence-corrected chi connectivity index (χ2v) is 9.46. The van der Waals surface area contributed by atoms with Crippen LogP contribution in [-0.4, -0.2) is 14.3 Å². The van der Waals surface area contributed by atoms with Crippen molar-refractivity contribution in [3.8, 4) is 0 Å². The summed E-state index contributed by atoms with van der Waals surface area (Å²) in [5.41, 5.74) is 1.78. The molecule has 0 aliphatic heterocycles. The van der Waals surface area contributed by atoms with Gasteiger partial charge in [-0.1, -0.05) is 44.2 Å². The molecule has 0 spiro atoms. The number of hydrogen-bond acceptors (Lipinski definition) is 3. The molecule has 0 aliphatic rings. The molecule has 0 heterocycles. The van der Waals surface area contributed by atoms with Crippen LogP contribution in [0.5, 0.6) is 0 Å². The molecule has 0 saturated carbocycles. The second-order valence-electron chi connectivity index (χ2n) is 7.77. The molecule has 9 heteroatoms. The van der Waals surface area contributed by atoms with Gasteiger partial charge in [0.25, 0.3) is 15.9 Å². The fraction of sp³-hybridized carbons (Fsp3) is 0.240. The van der Waals surface area contributed by atoms with Gasteiger partial charge in [0.2, 0.25) is 0 Å². The first-order valence-corrected chi connectivity index (χ1v) is 12.2. The standard InChI is InChI=1S/C25H25F3N2O3S/c1-4-17-8-6-9-18(5-2)23(17)30-34(32,33)21-13-12-16(3)22(15-21)24(31)29-20-11-7-10-19(14-20)25(26,27)28/h6-15,30H,4-5H2,1-3H3,(H,29,31). The van der Waals surface area contributed by atoms with Crippen LogP contribution in [0.4, 0.5) is 24.5 Å². The number of aryl methyl sites for hydroxylation is 3. The summed E-state index contributed by atoms with van der Waals surface area (Å²) >= 11 is 0. The number of carbonyl (C=O) groups is 1. The van der Waals surface area contributed by atoms with Gasteiger partial charge < -0.3 is 5.32 Å². The van der Waals surface area contributed by atoms with Crippen molar-refractivity contribution in [2.75, 3.05) is 10.0 Å². The van der Waals surface area contributed by atoms with E-state index in [0.29, 0.717) is 24.1 Å². The van der Waals surface area contributed by atoms with E-state index < -0.39 is 27.7 Å². The maximum atomic E-state index is 13.2. The number of amides is 1. The highest BCUT2D eigenvalue weighted by Gasteiger charge is 2.30. The molecular formula is C25H25F3N2O3S. The average molecular weight is 491 g/mol. The summed E-state index contributed by atoms with van der Waals surface area (Å²) < 4.78 is 67.9. The minimum absolute atomic E-state index is 0.0415. The van der Waals surface area contributed by atoms with E-state index in [-0.39, 0.29) is 16.1 Å². The molecule has 0 atom stereocenters. The fourth-order valence-corrected chi connectivity index (χ4v) is 4.72. The van der Waals surface area contributed by atoms with E-state index in [4.69, 9.17) is 0 Å². The van der Waals surface area contributed by atoms with Crippen LogP contribution in [0.2, 0.25) is 0 Å². The number of benzene rings is 3. The quantitative estimate of drug-likeness (QED) is 0.415. The lowest BCUT2D eigenvalue weighted by molar-refractivity contribution is -0.137. The Labute approximate surface area is 197 Å². The fourth-order valence-electron chi connectivity index (χ4n) is 3.55. The van der Waals surface area contributed by atoms with Crippen LogP contribution in [0.1, 0.15) is 46.5 Å². The Balaban J connectivity index is 1.93. The number of carbonyl (C=O) groups excluding carboxylic acids is 1. The predicted molar refractivity (Wildman–Crippen MR) is 127 cm³/mol. The minimum atomic E-state index is -4.55. The minimum Gasteiger partial charge on any atom is -0.322 e. The van der Waals surface area contributed by atoms with Crippen molar-refractivity contribution in [3.05, 3.63) is 88.5 Å². The van der Waals surface area contributed by atoms with Gasteiger partial charge >= 0.3 is 6.18 Å². The molecular weight excluding hydrogens is 465 g/mol. The molecule has 34 heavy (non-hydrogen) atoms. The van der Waals surface area contributed by atoms with Crippen molar-refractivity contribution >= 4 is 27.3 Å². The zero-order valence-corrected chi connectivity index (χ0v) is 19.8. The van der Waals surface area contributed by atoms with Gasteiger partial charge in [0, 0.05) is 11.3 Å². The molecule has 0 aliphatic carbocycles. The van der Waals surface area contributed by atoms with Crippen molar-refractivity contribution in [2.24, 2.45) is 0 Å².